The maximum atomic E-state index is 12.9. The fraction of sp³-hybridized carbons (Fsp3) is 0.684. The summed E-state index contributed by atoms with van der Waals surface area (Å²) in [6.07, 6.45) is 3.74. The van der Waals surface area contributed by atoms with Crippen molar-refractivity contribution in [1.29, 1.82) is 0 Å². The molecule has 3 rings (SSSR count). The van der Waals surface area contributed by atoms with Crippen LogP contribution in [0.2, 0.25) is 0 Å². The van der Waals surface area contributed by atoms with E-state index in [9.17, 15) is 14.4 Å². The van der Waals surface area contributed by atoms with Gasteiger partial charge in [-0.05, 0) is 31.7 Å². The van der Waals surface area contributed by atoms with E-state index in [2.05, 4.69) is 9.97 Å². The molecule has 1 N–H and O–H groups in total. The van der Waals surface area contributed by atoms with Gasteiger partial charge in [0.1, 0.15) is 5.69 Å². The lowest BCUT2D eigenvalue weighted by Crippen LogP contribution is -2.46. The Hall–Kier alpha value is -2.18. The summed E-state index contributed by atoms with van der Waals surface area (Å²) in [6, 6.07) is 1.66. The molecule has 26 heavy (non-hydrogen) atoms. The Labute approximate surface area is 153 Å². The molecule has 7 nitrogen and oxygen atoms in total. The molecule has 1 aromatic heterocycles. The maximum Gasteiger partial charge on any atom is 0.345 e. The molecular formula is C19H28N4O3. The van der Waals surface area contributed by atoms with Gasteiger partial charge in [-0.1, -0.05) is 20.8 Å². The number of likely N-dealkylation sites (tertiary alicyclic amines) is 2. The van der Waals surface area contributed by atoms with Crippen molar-refractivity contribution in [3.05, 3.63) is 27.9 Å². The molecule has 1 aromatic rings. The lowest BCUT2D eigenvalue weighted by atomic mass is 9.91. The predicted octanol–water partition coefficient (Wildman–Crippen LogP) is 1.54. The highest BCUT2D eigenvalue weighted by molar-refractivity contribution is 5.93. The number of aromatic amines is 1. The summed E-state index contributed by atoms with van der Waals surface area (Å²) in [5, 5.41) is 0. The van der Waals surface area contributed by atoms with Crippen molar-refractivity contribution in [2.75, 3.05) is 26.2 Å². The Balaban J connectivity index is 1.76. The van der Waals surface area contributed by atoms with Gasteiger partial charge in [0.15, 0.2) is 0 Å². The first kappa shape index (κ1) is 18.6. The Morgan fingerprint density at radius 2 is 1.77 bits per heavy atom. The number of piperidine rings is 1. The van der Waals surface area contributed by atoms with Gasteiger partial charge < -0.3 is 14.8 Å². The Bertz CT molecular complexity index is 744. The van der Waals surface area contributed by atoms with Crippen LogP contribution in [0.5, 0.6) is 0 Å². The zero-order valence-electron chi connectivity index (χ0n) is 15.9. The fourth-order valence-corrected chi connectivity index (χ4v) is 3.69. The normalized spacial score (nSPS) is 21.1. The highest BCUT2D eigenvalue weighted by Gasteiger charge is 2.33. The van der Waals surface area contributed by atoms with Crippen LogP contribution < -0.4 is 5.69 Å². The average molecular weight is 360 g/mol. The van der Waals surface area contributed by atoms with Crippen molar-refractivity contribution in [3.8, 4) is 0 Å². The Kier molecular flexibility index (Phi) is 5.16. The van der Waals surface area contributed by atoms with Crippen LogP contribution in [-0.2, 0) is 10.2 Å². The number of aromatic nitrogens is 2. The van der Waals surface area contributed by atoms with Gasteiger partial charge >= 0.3 is 5.69 Å². The average Bonchev–Trinajstić information content (AvgIpc) is 3.14. The molecular weight excluding hydrogens is 332 g/mol. The molecule has 2 fully saturated rings. The molecule has 7 heteroatoms. The van der Waals surface area contributed by atoms with Crippen molar-refractivity contribution in [2.24, 2.45) is 5.92 Å². The molecule has 2 amide bonds. The van der Waals surface area contributed by atoms with Gasteiger partial charge in [-0.15, -0.1) is 0 Å². The van der Waals surface area contributed by atoms with E-state index in [1.54, 1.807) is 11.0 Å². The number of nitrogens with one attached hydrogen (secondary N) is 1. The van der Waals surface area contributed by atoms with E-state index >= 15 is 0 Å². The molecule has 2 saturated heterocycles. The van der Waals surface area contributed by atoms with Gasteiger partial charge in [0.2, 0.25) is 5.91 Å². The second-order valence-electron chi connectivity index (χ2n) is 8.36. The van der Waals surface area contributed by atoms with Crippen molar-refractivity contribution in [3.63, 3.8) is 0 Å². The molecule has 3 heterocycles. The lowest BCUT2D eigenvalue weighted by Gasteiger charge is -2.33. The zero-order valence-corrected chi connectivity index (χ0v) is 15.9. The van der Waals surface area contributed by atoms with Crippen molar-refractivity contribution < 1.29 is 9.59 Å². The van der Waals surface area contributed by atoms with Gasteiger partial charge in [0, 0.05) is 37.3 Å². The molecule has 0 unspecified atom stereocenters. The van der Waals surface area contributed by atoms with E-state index in [-0.39, 0.29) is 28.8 Å². The number of hydrogen-bond acceptors (Lipinski definition) is 4. The van der Waals surface area contributed by atoms with E-state index in [4.69, 9.17) is 0 Å². The van der Waals surface area contributed by atoms with Crippen LogP contribution in [0.3, 0.4) is 0 Å². The lowest BCUT2D eigenvalue weighted by molar-refractivity contribution is -0.135. The highest BCUT2D eigenvalue weighted by atomic mass is 16.2. The minimum atomic E-state index is -0.512. The third-order valence-corrected chi connectivity index (χ3v) is 5.25. The van der Waals surface area contributed by atoms with E-state index in [1.165, 1.54) is 0 Å². The summed E-state index contributed by atoms with van der Waals surface area (Å²) in [6.45, 7) is 8.58. The minimum absolute atomic E-state index is 0.144. The van der Waals surface area contributed by atoms with Crippen molar-refractivity contribution >= 4 is 11.8 Å². The van der Waals surface area contributed by atoms with Crippen molar-refractivity contribution in [2.45, 2.75) is 51.9 Å². The Morgan fingerprint density at radius 3 is 2.42 bits per heavy atom. The quantitative estimate of drug-likeness (QED) is 0.867. The molecule has 2 aliphatic rings. The molecule has 0 saturated carbocycles. The monoisotopic (exact) mass is 360 g/mol. The molecule has 0 spiro atoms. The van der Waals surface area contributed by atoms with Crippen LogP contribution >= 0.6 is 0 Å². The van der Waals surface area contributed by atoms with Crippen LogP contribution in [0, 0.1) is 5.92 Å². The van der Waals surface area contributed by atoms with E-state index in [0.717, 1.165) is 38.8 Å². The SMILES string of the molecule is CC(C)(C)c1cc(C(=O)N2CCC[C@H](C(=O)N3CCCC3)C2)nc(=O)[nH]1. The zero-order chi connectivity index (χ0) is 18.9. The molecule has 142 valence electrons. The van der Waals surface area contributed by atoms with Gasteiger partial charge in [-0.2, -0.15) is 4.98 Å². The summed E-state index contributed by atoms with van der Waals surface area (Å²) in [7, 11) is 0. The third-order valence-electron chi connectivity index (χ3n) is 5.25. The number of rotatable bonds is 2. The van der Waals surface area contributed by atoms with Crippen molar-refractivity contribution in [1.82, 2.24) is 19.8 Å². The second-order valence-corrected chi connectivity index (χ2v) is 8.36. The summed E-state index contributed by atoms with van der Waals surface area (Å²) in [5.74, 6) is -0.246. The number of hydrogen-bond donors (Lipinski definition) is 1. The molecule has 0 bridgehead atoms. The Morgan fingerprint density at radius 1 is 1.12 bits per heavy atom. The molecule has 0 aliphatic carbocycles. The topological polar surface area (TPSA) is 86.4 Å². The number of carbonyl (C=O) groups excluding carboxylic acids is 2. The molecule has 2 aliphatic heterocycles. The first-order valence-electron chi connectivity index (χ1n) is 9.45. The summed E-state index contributed by atoms with van der Waals surface area (Å²) < 4.78 is 0. The number of H-pyrrole nitrogens is 1. The number of carbonyl (C=O) groups is 2. The van der Waals surface area contributed by atoms with Crippen LogP contribution in [0.4, 0.5) is 0 Å². The smallest absolute Gasteiger partial charge is 0.342 e. The first-order chi connectivity index (χ1) is 12.3. The highest BCUT2D eigenvalue weighted by Crippen LogP contribution is 2.23. The third kappa shape index (κ3) is 3.97. The summed E-state index contributed by atoms with van der Waals surface area (Å²) in [5.41, 5.74) is 0.0470. The van der Waals surface area contributed by atoms with Crippen LogP contribution in [0.25, 0.3) is 0 Å². The molecule has 0 radical (unpaired) electrons. The first-order valence-corrected chi connectivity index (χ1v) is 9.45. The van der Waals surface area contributed by atoms with Crippen LogP contribution in [0.15, 0.2) is 10.9 Å². The van der Waals surface area contributed by atoms with Crippen LogP contribution in [-0.4, -0.2) is 57.8 Å². The summed E-state index contributed by atoms with van der Waals surface area (Å²) in [4.78, 5) is 47.6. The maximum absolute atomic E-state index is 12.9. The number of nitrogens with zero attached hydrogens (tertiary/aromatic N) is 3. The standard InChI is InChI=1S/C19H28N4O3/c1-19(2,3)15-11-14(20-18(26)21-15)17(25)23-10-6-7-13(12-23)16(24)22-8-4-5-9-22/h11,13H,4-10,12H2,1-3H3,(H,20,21,26)/t13-/m0/s1. The largest absolute Gasteiger partial charge is 0.345 e. The summed E-state index contributed by atoms with van der Waals surface area (Å²) >= 11 is 0. The van der Waals surface area contributed by atoms with E-state index in [1.807, 2.05) is 25.7 Å². The second kappa shape index (κ2) is 7.21. The van der Waals surface area contributed by atoms with E-state index in [0.29, 0.717) is 18.8 Å². The van der Waals surface area contributed by atoms with Gasteiger partial charge in [0.05, 0.1) is 5.92 Å². The molecule has 1 atom stereocenters. The predicted molar refractivity (Wildman–Crippen MR) is 98.0 cm³/mol. The van der Waals surface area contributed by atoms with Gasteiger partial charge in [-0.3, -0.25) is 9.59 Å². The number of amides is 2. The van der Waals surface area contributed by atoms with Crippen LogP contribution in [0.1, 0.15) is 62.6 Å². The minimum Gasteiger partial charge on any atom is -0.342 e. The molecule has 0 aromatic carbocycles. The fourth-order valence-electron chi connectivity index (χ4n) is 3.69. The van der Waals surface area contributed by atoms with Gasteiger partial charge in [0.25, 0.3) is 5.91 Å². The van der Waals surface area contributed by atoms with E-state index < -0.39 is 5.69 Å². The van der Waals surface area contributed by atoms with Gasteiger partial charge in [-0.25, -0.2) is 4.79 Å².